The van der Waals surface area contributed by atoms with Crippen LogP contribution in [0.3, 0.4) is 0 Å². The van der Waals surface area contributed by atoms with Crippen molar-refractivity contribution in [2.75, 3.05) is 34.4 Å². The van der Waals surface area contributed by atoms with Crippen LogP contribution >= 0.6 is 0 Å². The van der Waals surface area contributed by atoms with Gasteiger partial charge in [-0.25, -0.2) is 0 Å². The van der Waals surface area contributed by atoms with Gasteiger partial charge in [0.1, 0.15) is 28.2 Å². The normalized spacial score (nSPS) is 21.8. The van der Waals surface area contributed by atoms with Gasteiger partial charge in [0.15, 0.2) is 5.43 Å². The molecule has 186 valence electrons. The number of benzene rings is 2. The van der Waals surface area contributed by atoms with E-state index in [1.165, 1.54) is 44.8 Å². The number of piperidine rings is 1. The van der Waals surface area contributed by atoms with E-state index in [1.807, 2.05) is 7.05 Å². The third-order valence-corrected chi connectivity index (χ3v) is 7.83. The zero-order valence-corrected chi connectivity index (χ0v) is 20.9. The number of methoxy groups -OCH3 is 2. The third-order valence-electron chi connectivity index (χ3n) is 7.83. The summed E-state index contributed by atoms with van der Waals surface area (Å²) in [6.45, 7) is 1.39. The molecular weight excluding hydrogens is 442 g/mol. The minimum atomic E-state index is -0.594. The number of aliphatic hydroxyl groups excluding tert-OH is 1. The van der Waals surface area contributed by atoms with Crippen molar-refractivity contribution in [1.29, 1.82) is 0 Å². The molecule has 0 spiro atoms. The fraction of sp³-hybridized carbons (Fsp3) is 0.483. The average molecular weight is 478 g/mol. The van der Waals surface area contributed by atoms with Crippen molar-refractivity contribution in [1.82, 2.24) is 4.90 Å². The molecule has 2 fully saturated rings. The van der Waals surface area contributed by atoms with Crippen LogP contribution in [0.25, 0.3) is 22.3 Å². The highest BCUT2D eigenvalue weighted by molar-refractivity contribution is 5.90. The summed E-state index contributed by atoms with van der Waals surface area (Å²) >= 11 is 0. The van der Waals surface area contributed by atoms with E-state index in [2.05, 4.69) is 29.2 Å². The summed E-state index contributed by atoms with van der Waals surface area (Å²) in [5.74, 6) is 1.90. The van der Waals surface area contributed by atoms with Crippen LogP contribution in [0.5, 0.6) is 11.5 Å². The van der Waals surface area contributed by atoms with Crippen LogP contribution < -0.4 is 14.9 Å². The predicted octanol–water partition coefficient (Wildman–Crippen LogP) is 5.30. The largest absolute Gasteiger partial charge is 0.496 e. The van der Waals surface area contributed by atoms with E-state index in [1.54, 1.807) is 19.2 Å². The number of aliphatic hydroxyl groups is 1. The molecule has 35 heavy (non-hydrogen) atoms. The molecule has 2 heterocycles. The second kappa shape index (κ2) is 10.0. The Morgan fingerprint density at radius 2 is 1.69 bits per heavy atom. The van der Waals surface area contributed by atoms with Crippen LogP contribution in [-0.4, -0.2) is 50.5 Å². The molecule has 2 atom stereocenters. The maximum absolute atomic E-state index is 13.4. The quantitative estimate of drug-likeness (QED) is 0.537. The molecule has 0 unspecified atom stereocenters. The number of fused-ring (bicyclic) bond motifs is 1. The van der Waals surface area contributed by atoms with Gasteiger partial charge in [-0.3, -0.25) is 4.79 Å². The third kappa shape index (κ3) is 4.57. The number of likely N-dealkylation sites (tertiary alicyclic amines) is 1. The number of rotatable bonds is 5. The summed E-state index contributed by atoms with van der Waals surface area (Å²) < 4.78 is 17.8. The molecule has 1 aliphatic carbocycles. The predicted molar refractivity (Wildman–Crippen MR) is 138 cm³/mol. The van der Waals surface area contributed by atoms with Crippen molar-refractivity contribution in [3.63, 3.8) is 0 Å². The highest BCUT2D eigenvalue weighted by Crippen LogP contribution is 2.43. The van der Waals surface area contributed by atoms with Crippen LogP contribution in [0.4, 0.5) is 0 Å². The van der Waals surface area contributed by atoms with Gasteiger partial charge in [0, 0.05) is 35.7 Å². The van der Waals surface area contributed by atoms with Gasteiger partial charge in [-0.15, -0.1) is 0 Å². The first kappa shape index (κ1) is 23.9. The fourth-order valence-electron chi connectivity index (χ4n) is 5.90. The van der Waals surface area contributed by atoms with Crippen LogP contribution in [0.15, 0.2) is 45.6 Å². The van der Waals surface area contributed by atoms with E-state index >= 15 is 0 Å². The lowest BCUT2D eigenvalue weighted by molar-refractivity contribution is 0.0630. The Labute approximate surface area is 206 Å². The van der Waals surface area contributed by atoms with Gasteiger partial charge in [-0.05, 0) is 44.3 Å². The number of ether oxygens (including phenoxy) is 2. The fourth-order valence-corrected chi connectivity index (χ4v) is 5.90. The van der Waals surface area contributed by atoms with Crippen molar-refractivity contribution < 1.29 is 19.0 Å². The molecule has 1 aromatic heterocycles. The van der Waals surface area contributed by atoms with E-state index in [4.69, 9.17) is 13.9 Å². The zero-order valence-electron chi connectivity index (χ0n) is 20.9. The Hall–Kier alpha value is -2.83. The van der Waals surface area contributed by atoms with E-state index in [-0.39, 0.29) is 11.3 Å². The molecule has 6 nitrogen and oxygen atoms in total. The maximum Gasteiger partial charge on any atom is 0.197 e. The Morgan fingerprint density at radius 3 is 2.34 bits per heavy atom. The molecule has 2 aromatic carbocycles. The first-order chi connectivity index (χ1) is 17.0. The monoisotopic (exact) mass is 477 g/mol. The zero-order chi connectivity index (χ0) is 24.5. The molecular formula is C29H35NO5. The van der Waals surface area contributed by atoms with Crippen molar-refractivity contribution in [2.24, 2.45) is 0 Å². The molecule has 1 N–H and O–H groups in total. The Kier molecular flexibility index (Phi) is 6.85. The summed E-state index contributed by atoms with van der Waals surface area (Å²) in [6, 6.07) is 11.7. The lowest BCUT2D eigenvalue weighted by Crippen LogP contribution is -2.40. The number of hydrogen-bond donors (Lipinski definition) is 1. The molecule has 1 saturated carbocycles. The summed E-state index contributed by atoms with van der Waals surface area (Å²) in [5.41, 5.74) is 3.23. The van der Waals surface area contributed by atoms with Gasteiger partial charge < -0.3 is 23.9 Å². The summed E-state index contributed by atoms with van der Waals surface area (Å²) in [5, 5.41) is 11.3. The molecule has 0 radical (unpaired) electrons. The Bertz CT molecular complexity index is 1240. The average Bonchev–Trinajstić information content (AvgIpc) is 2.88. The van der Waals surface area contributed by atoms with E-state index in [0.29, 0.717) is 40.7 Å². The van der Waals surface area contributed by atoms with Crippen LogP contribution in [-0.2, 0) is 0 Å². The van der Waals surface area contributed by atoms with Crippen LogP contribution in [0.1, 0.15) is 61.5 Å². The molecule has 3 aromatic rings. The smallest absolute Gasteiger partial charge is 0.197 e. The number of nitrogens with zero attached hydrogens (tertiary/aromatic N) is 1. The van der Waals surface area contributed by atoms with Gasteiger partial charge >= 0.3 is 0 Å². The van der Waals surface area contributed by atoms with Gasteiger partial charge in [0.05, 0.1) is 20.3 Å². The molecule has 0 amide bonds. The minimum Gasteiger partial charge on any atom is -0.496 e. The molecule has 1 aliphatic heterocycles. The van der Waals surface area contributed by atoms with Crippen molar-refractivity contribution in [2.45, 2.75) is 56.5 Å². The van der Waals surface area contributed by atoms with Crippen molar-refractivity contribution in [3.8, 4) is 22.8 Å². The minimum absolute atomic E-state index is 0.166. The highest BCUT2D eigenvalue weighted by atomic mass is 16.5. The standard InChI is InChI=1S/C29H35NO5/c1-30-14-13-21(23(32)17-30)27-25(33-2)16-26(34-3)28-22(31)15-24(35-29(27)28)20-11-9-19(10-12-20)18-7-5-4-6-8-18/h9-12,15-16,18,21,23,32H,4-8,13-14,17H2,1-3H3/t21-,23+/m0/s1. The first-order valence-corrected chi connectivity index (χ1v) is 12.7. The molecule has 2 aliphatic rings. The summed E-state index contributed by atoms with van der Waals surface area (Å²) in [6.07, 6.45) is 6.54. The molecule has 1 saturated heterocycles. The lowest BCUT2D eigenvalue weighted by atomic mass is 9.84. The van der Waals surface area contributed by atoms with E-state index < -0.39 is 6.10 Å². The lowest BCUT2D eigenvalue weighted by Gasteiger charge is -2.34. The molecule has 6 heteroatoms. The van der Waals surface area contributed by atoms with Gasteiger partial charge in [-0.2, -0.15) is 0 Å². The highest BCUT2D eigenvalue weighted by Gasteiger charge is 2.33. The van der Waals surface area contributed by atoms with Crippen molar-refractivity contribution in [3.05, 3.63) is 57.7 Å². The van der Waals surface area contributed by atoms with Crippen LogP contribution in [0, 0.1) is 0 Å². The maximum atomic E-state index is 13.4. The van der Waals surface area contributed by atoms with Gasteiger partial charge in [-0.1, -0.05) is 43.5 Å². The molecule has 0 bridgehead atoms. The second-order valence-corrected chi connectivity index (χ2v) is 10.1. The van der Waals surface area contributed by atoms with Gasteiger partial charge in [0.2, 0.25) is 0 Å². The molecule has 5 rings (SSSR count). The van der Waals surface area contributed by atoms with Crippen molar-refractivity contribution >= 4 is 11.0 Å². The summed E-state index contributed by atoms with van der Waals surface area (Å²) in [7, 11) is 5.13. The second-order valence-electron chi connectivity index (χ2n) is 10.1. The number of β-amino-alcohol motifs (C(OH)–C–C–N with tert-alkyl or cyclic N) is 1. The number of likely N-dealkylation sites (N-methyl/N-ethyl adjacent to an activating group) is 1. The number of hydrogen-bond acceptors (Lipinski definition) is 6. The SMILES string of the molecule is COc1cc(OC)c2c(=O)cc(-c3ccc(C4CCCCC4)cc3)oc2c1[C@H]1CCN(C)C[C@H]1O. The Morgan fingerprint density at radius 1 is 0.971 bits per heavy atom. The topological polar surface area (TPSA) is 72.1 Å². The van der Waals surface area contributed by atoms with Crippen LogP contribution in [0.2, 0.25) is 0 Å². The first-order valence-electron chi connectivity index (χ1n) is 12.7. The van der Waals surface area contributed by atoms with Gasteiger partial charge in [0.25, 0.3) is 0 Å². The summed E-state index contributed by atoms with van der Waals surface area (Å²) in [4.78, 5) is 15.5. The Balaban J connectivity index is 1.63. The van der Waals surface area contributed by atoms with E-state index in [0.717, 1.165) is 24.1 Å². The van der Waals surface area contributed by atoms with E-state index in [9.17, 15) is 9.90 Å².